The van der Waals surface area contributed by atoms with Gasteiger partial charge in [0.15, 0.2) is 0 Å². The van der Waals surface area contributed by atoms with Crippen molar-refractivity contribution in [1.29, 1.82) is 0 Å². The van der Waals surface area contributed by atoms with Gasteiger partial charge in [-0.05, 0) is 59.2 Å². The molecule has 0 aromatic carbocycles. The van der Waals surface area contributed by atoms with Crippen LogP contribution in [0.25, 0.3) is 0 Å². The van der Waals surface area contributed by atoms with Crippen molar-refractivity contribution in [3.63, 3.8) is 0 Å². The number of likely N-dealkylation sites (tertiary alicyclic amines) is 1. The second-order valence-electron chi connectivity index (χ2n) is 6.58. The standard InChI is InChI=1S/C17H36N2O/c1-4-16(2)18(3)12-8-6-5-7-9-13-19-14-10-17(20)11-15-19/h16-17,20H,4-15H2,1-3H3. The Labute approximate surface area is 126 Å². The summed E-state index contributed by atoms with van der Waals surface area (Å²) in [6.45, 7) is 9.26. The van der Waals surface area contributed by atoms with Crippen molar-refractivity contribution in [3.05, 3.63) is 0 Å². The monoisotopic (exact) mass is 284 g/mol. The van der Waals surface area contributed by atoms with Gasteiger partial charge in [0.1, 0.15) is 0 Å². The van der Waals surface area contributed by atoms with Gasteiger partial charge in [-0.25, -0.2) is 0 Å². The van der Waals surface area contributed by atoms with Crippen molar-refractivity contribution in [3.8, 4) is 0 Å². The molecular weight excluding hydrogens is 248 g/mol. The molecule has 3 heteroatoms. The molecule has 0 bridgehead atoms. The van der Waals surface area contributed by atoms with Crippen molar-refractivity contribution in [2.45, 2.75) is 77.4 Å². The first-order chi connectivity index (χ1) is 9.63. The van der Waals surface area contributed by atoms with E-state index in [4.69, 9.17) is 0 Å². The third-order valence-electron chi connectivity index (χ3n) is 4.89. The smallest absolute Gasteiger partial charge is 0.0564 e. The van der Waals surface area contributed by atoms with Gasteiger partial charge in [-0.15, -0.1) is 0 Å². The Morgan fingerprint density at radius 3 is 2.35 bits per heavy atom. The summed E-state index contributed by atoms with van der Waals surface area (Å²) in [6.07, 6.45) is 9.96. The highest BCUT2D eigenvalue weighted by molar-refractivity contribution is 4.70. The van der Waals surface area contributed by atoms with Gasteiger partial charge in [-0.2, -0.15) is 0 Å². The Kier molecular flexibility index (Phi) is 9.49. The van der Waals surface area contributed by atoms with E-state index in [2.05, 4.69) is 30.7 Å². The maximum Gasteiger partial charge on any atom is 0.0564 e. The van der Waals surface area contributed by atoms with Gasteiger partial charge < -0.3 is 14.9 Å². The second-order valence-corrected chi connectivity index (χ2v) is 6.58. The van der Waals surface area contributed by atoms with Gasteiger partial charge >= 0.3 is 0 Å². The molecule has 1 N–H and O–H groups in total. The minimum Gasteiger partial charge on any atom is -0.393 e. The zero-order valence-electron chi connectivity index (χ0n) is 14.0. The third-order valence-corrected chi connectivity index (χ3v) is 4.89. The highest BCUT2D eigenvalue weighted by atomic mass is 16.3. The molecular formula is C17H36N2O. The summed E-state index contributed by atoms with van der Waals surface area (Å²) in [4.78, 5) is 5.00. The van der Waals surface area contributed by atoms with E-state index in [0.29, 0.717) is 0 Å². The number of nitrogens with zero attached hydrogens (tertiary/aromatic N) is 2. The van der Waals surface area contributed by atoms with E-state index >= 15 is 0 Å². The molecule has 1 saturated heterocycles. The molecule has 3 nitrogen and oxygen atoms in total. The molecule has 0 amide bonds. The molecule has 1 aliphatic rings. The van der Waals surface area contributed by atoms with Crippen LogP contribution in [-0.2, 0) is 0 Å². The molecule has 120 valence electrons. The number of rotatable bonds is 10. The topological polar surface area (TPSA) is 26.7 Å². The lowest BCUT2D eigenvalue weighted by Crippen LogP contribution is -2.36. The molecule has 0 aliphatic carbocycles. The Bertz CT molecular complexity index is 227. The molecule has 1 rings (SSSR count). The van der Waals surface area contributed by atoms with Gasteiger partial charge in [0.2, 0.25) is 0 Å². The van der Waals surface area contributed by atoms with Crippen LogP contribution in [0.1, 0.15) is 65.2 Å². The first-order valence-corrected chi connectivity index (χ1v) is 8.74. The fourth-order valence-corrected chi connectivity index (χ4v) is 2.90. The molecule has 1 aliphatic heterocycles. The molecule has 1 unspecified atom stereocenters. The van der Waals surface area contributed by atoms with Crippen LogP contribution in [0.4, 0.5) is 0 Å². The minimum absolute atomic E-state index is 0.0336. The molecule has 0 radical (unpaired) electrons. The number of hydrogen-bond acceptors (Lipinski definition) is 3. The molecule has 20 heavy (non-hydrogen) atoms. The maximum absolute atomic E-state index is 9.47. The van der Waals surface area contributed by atoms with Crippen molar-refractivity contribution < 1.29 is 5.11 Å². The summed E-state index contributed by atoms with van der Waals surface area (Å²) in [5.41, 5.74) is 0. The van der Waals surface area contributed by atoms with Crippen molar-refractivity contribution in [2.75, 3.05) is 33.2 Å². The third kappa shape index (κ3) is 7.61. The number of hydrogen-bond donors (Lipinski definition) is 1. The van der Waals surface area contributed by atoms with E-state index in [1.165, 1.54) is 51.6 Å². The highest BCUT2D eigenvalue weighted by Crippen LogP contribution is 2.12. The lowest BCUT2D eigenvalue weighted by Gasteiger charge is -2.29. The normalized spacial score (nSPS) is 19.6. The lowest BCUT2D eigenvalue weighted by atomic mass is 10.1. The number of piperidine rings is 1. The van der Waals surface area contributed by atoms with Gasteiger partial charge in [-0.1, -0.05) is 26.2 Å². The molecule has 0 aromatic heterocycles. The Balaban J connectivity index is 1.87. The first kappa shape index (κ1) is 17.9. The molecule has 0 spiro atoms. The summed E-state index contributed by atoms with van der Waals surface area (Å²) < 4.78 is 0. The van der Waals surface area contributed by atoms with Gasteiger partial charge in [0.25, 0.3) is 0 Å². The molecule has 0 saturated carbocycles. The van der Waals surface area contributed by atoms with Crippen LogP contribution < -0.4 is 0 Å². The predicted octanol–water partition coefficient (Wildman–Crippen LogP) is 3.12. The van der Waals surface area contributed by atoms with Crippen LogP contribution in [0.3, 0.4) is 0 Å². The number of aliphatic hydroxyl groups is 1. The fraction of sp³-hybridized carbons (Fsp3) is 1.00. The van der Waals surface area contributed by atoms with E-state index < -0.39 is 0 Å². The zero-order chi connectivity index (χ0) is 14.8. The van der Waals surface area contributed by atoms with Crippen LogP contribution in [0, 0.1) is 0 Å². The van der Waals surface area contributed by atoms with Crippen LogP contribution in [0.5, 0.6) is 0 Å². The average molecular weight is 284 g/mol. The first-order valence-electron chi connectivity index (χ1n) is 8.74. The van der Waals surface area contributed by atoms with Crippen molar-refractivity contribution in [1.82, 2.24) is 9.80 Å². The molecule has 0 aromatic rings. The SMILES string of the molecule is CCC(C)N(C)CCCCCCCN1CCC(O)CC1. The fourth-order valence-electron chi connectivity index (χ4n) is 2.90. The van der Waals surface area contributed by atoms with Crippen LogP contribution in [0.15, 0.2) is 0 Å². The van der Waals surface area contributed by atoms with Crippen LogP contribution >= 0.6 is 0 Å². The second kappa shape index (κ2) is 10.6. The largest absolute Gasteiger partial charge is 0.393 e. The summed E-state index contributed by atoms with van der Waals surface area (Å²) in [5, 5.41) is 9.47. The van der Waals surface area contributed by atoms with E-state index in [9.17, 15) is 5.11 Å². The summed E-state index contributed by atoms with van der Waals surface area (Å²) in [5.74, 6) is 0. The van der Waals surface area contributed by atoms with Gasteiger partial charge in [-0.3, -0.25) is 0 Å². The van der Waals surface area contributed by atoms with Crippen molar-refractivity contribution in [2.24, 2.45) is 0 Å². The molecule has 1 fully saturated rings. The quantitative estimate of drug-likeness (QED) is 0.624. The number of aliphatic hydroxyl groups excluding tert-OH is 1. The van der Waals surface area contributed by atoms with Crippen LogP contribution in [-0.4, -0.2) is 60.3 Å². The van der Waals surface area contributed by atoms with Crippen molar-refractivity contribution >= 4 is 0 Å². The van der Waals surface area contributed by atoms with E-state index in [-0.39, 0.29) is 6.10 Å². The van der Waals surface area contributed by atoms with E-state index in [0.717, 1.165) is 32.0 Å². The van der Waals surface area contributed by atoms with Gasteiger partial charge in [0, 0.05) is 19.1 Å². The molecule has 1 heterocycles. The van der Waals surface area contributed by atoms with Crippen LogP contribution in [0.2, 0.25) is 0 Å². The Hall–Kier alpha value is -0.120. The maximum atomic E-state index is 9.47. The van der Waals surface area contributed by atoms with E-state index in [1.807, 2.05) is 0 Å². The Morgan fingerprint density at radius 2 is 1.70 bits per heavy atom. The number of unbranched alkanes of at least 4 members (excludes halogenated alkanes) is 4. The average Bonchev–Trinajstić information content (AvgIpc) is 2.47. The summed E-state index contributed by atoms with van der Waals surface area (Å²) in [7, 11) is 2.25. The molecule has 1 atom stereocenters. The van der Waals surface area contributed by atoms with E-state index in [1.54, 1.807) is 0 Å². The Morgan fingerprint density at radius 1 is 1.10 bits per heavy atom. The zero-order valence-corrected chi connectivity index (χ0v) is 14.0. The highest BCUT2D eigenvalue weighted by Gasteiger charge is 2.15. The summed E-state index contributed by atoms with van der Waals surface area (Å²) in [6, 6.07) is 0.726. The lowest BCUT2D eigenvalue weighted by molar-refractivity contribution is 0.0817. The minimum atomic E-state index is -0.0336. The summed E-state index contributed by atoms with van der Waals surface area (Å²) >= 11 is 0. The predicted molar refractivity (Wildman–Crippen MR) is 87.1 cm³/mol. The van der Waals surface area contributed by atoms with Gasteiger partial charge in [0.05, 0.1) is 6.10 Å².